The maximum Gasteiger partial charge on any atom is 0.318 e. The smallest absolute Gasteiger partial charge is 0.318 e. The lowest BCUT2D eigenvalue weighted by atomic mass is 9.98. The van der Waals surface area contributed by atoms with E-state index < -0.39 is 17.8 Å². The highest BCUT2D eigenvalue weighted by Gasteiger charge is 2.28. The first kappa shape index (κ1) is 15.2. The molecule has 0 bridgehead atoms. The van der Waals surface area contributed by atoms with Gasteiger partial charge >= 0.3 is 5.97 Å². The zero-order valence-electron chi connectivity index (χ0n) is 11.6. The fourth-order valence-corrected chi connectivity index (χ4v) is 2.39. The van der Waals surface area contributed by atoms with Gasteiger partial charge in [0.1, 0.15) is 5.92 Å². The topological polar surface area (TPSA) is 68.3 Å². The molecule has 110 valence electrons. The molecule has 0 aliphatic rings. The number of amides is 1. The fourth-order valence-electron chi connectivity index (χ4n) is 1.85. The van der Waals surface area contributed by atoms with Gasteiger partial charge in [0.25, 0.3) is 0 Å². The van der Waals surface area contributed by atoms with Gasteiger partial charge in [0.2, 0.25) is 5.91 Å². The summed E-state index contributed by atoms with van der Waals surface area (Å²) >= 11 is 1.30. The van der Waals surface area contributed by atoms with Crippen LogP contribution in [-0.4, -0.2) is 23.5 Å². The van der Waals surface area contributed by atoms with Gasteiger partial charge in [-0.1, -0.05) is 30.3 Å². The lowest BCUT2D eigenvalue weighted by Gasteiger charge is -2.14. The Hall–Kier alpha value is -2.21. The third-order valence-electron chi connectivity index (χ3n) is 2.83. The minimum absolute atomic E-state index is 0.245. The Labute approximate surface area is 127 Å². The van der Waals surface area contributed by atoms with Gasteiger partial charge in [-0.25, -0.2) is 4.98 Å². The van der Waals surface area contributed by atoms with Gasteiger partial charge in [0.05, 0.1) is 6.61 Å². The van der Waals surface area contributed by atoms with Crippen LogP contribution in [0.25, 0.3) is 0 Å². The molecule has 0 saturated carbocycles. The summed E-state index contributed by atoms with van der Waals surface area (Å²) in [4.78, 5) is 28.3. The van der Waals surface area contributed by atoms with Crippen LogP contribution in [0.4, 0.5) is 5.13 Å². The monoisotopic (exact) mass is 304 g/mol. The molecule has 0 aliphatic carbocycles. The van der Waals surface area contributed by atoms with Crippen LogP contribution in [0, 0.1) is 5.92 Å². The van der Waals surface area contributed by atoms with E-state index in [4.69, 9.17) is 4.74 Å². The van der Waals surface area contributed by atoms with E-state index >= 15 is 0 Å². The zero-order chi connectivity index (χ0) is 15.1. The number of hydrogen-bond acceptors (Lipinski definition) is 5. The van der Waals surface area contributed by atoms with Crippen molar-refractivity contribution in [3.8, 4) is 0 Å². The second-order valence-corrected chi connectivity index (χ2v) is 5.22. The number of nitrogens with one attached hydrogen (secondary N) is 1. The summed E-state index contributed by atoms with van der Waals surface area (Å²) in [5.41, 5.74) is 0.907. The quantitative estimate of drug-likeness (QED) is 0.657. The van der Waals surface area contributed by atoms with Crippen LogP contribution in [0.5, 0.6) is 0 Å². The van der Waals surface area contributed by atoms with Crippen molar-refractivity contribution >= 4 is 28.3 Å². The first-order valence-corrected chi connectivity index (χ1v) is 7.49. The van der Waals surface area contributed by atoms with Crippen LogP contribution in [-0.2, 0) is 20.7 Å². The van der Waals surface area contributed by atoms with Gasteiger partial charge < -0.3 is 10.1 Å². The van der Waals surface area contributed by atoms with E-state index in [1.165, 1.54) is 11.3 Å². The molecule has 1 N–H and O–H groups in total. The van der Waals surface area contributed by atoms with Crippen molar-refractivity contribution in [2.24, 2.45) is 5.92 Å². The number of carbonyl (C=O) groups excluding carboxylic acids is 2. The van der Waals surface area contributed by atoms with Crippen molar-refractivity contribution in [3.63, 3.8) is 0 Å². The molecular weight excluding hydrogens is 288 g/mol. The number of rotatable bonds is 6. The number of ether oxygens (including phenoxy) is 1. The number of hydrogen-bond donors (Lipinski definition) is 1. The van der Waals surface area contributed by atoms with Crippen molar-refractivity contribution in [3.05, 3.63) is 47.5 Å². The van der Waals surface area contributed by atoms with Gasteiger partial charge in [-0.15, -0.1) is 11.3 Å². The Balaban J connectivity index is 2.11. The van der Waals surface area contributed by atoms with E-state index in [2.05, 4.69) is 10.3 Å². The lowest BCUT2D eigenvalue weighted by molar-refractivity contribution is -0.150. The number of esters is 1. The van der Waals surface area contributed by atoms with Crippen LogP contribution in [0.2, 0.25) is 0 Å². The highest BCUT2D eigenvalue weighted by atomic mass is 32.1. The third-order valence-corrected chi connectivity index (χ3v) is 3.52. The lowest BCUT2D eigenvalue weighted by Crippen LogP contribution is -2.32. The second kappa shape index (κ2) is 7.54. The molecule has 0 saturated heterocycles. The van der Waals surface area contributed by atoms with E-state index in [1.54, 1.807) is 18.5 Å². The summed E-state index contributed by atoms with van der Waals surface area (Å²) in [5, 5.41) is 4.88. The molecular formula is C15H16N2O3S. The maximum absolute atomic E-state index is 12.3. The van der Waals surface area contributed by atoms with Gasteiger partial charge in [-0.05, 0) is 18.9 Å². The molecule has 2 aromatic rings. The average molecular weight is 304 g/mol. The predicted octanol–water partition coefficient (Wildman–Crippen LogP) is 2.50. The molecule has 0 unspecified atom stereocenters. The molecule has 0 spiro atoms. The summed E-state index contributed by atoms with van der Waals surface area (Å²) in [7, 11) is 0. The van der Waals surface area contributed by atoms with Crippen molar-refractivity contribution < 1.29 is 14.3 Å². The van der Waals surface area contributed by atoms with Gasteiger partial charge in [0.15, 0.2) is 5.13 Å². The van der Waals surface area contributed by atoms with Gasteiger partial charge in [-0.3, -0.25) is 9.59 Å². The van der Waals surface area contributed by atoms with Crippen molar-refractivity contribution in [2.75, 3.05) is 11.9 Å². The van der Waals surface area contributed by atoms with E-state index in [0.29, 0.717) is 11.6 Å². The SMILES string of the molecule is CCOC(=O)[C@H](Cc1ccccc1)C(=O)Nc1nccs1. The Morgan fingerprint density at radius 2 is 2.10 bits per heavy atom. The van der Waals surface area contributed by atoms with Crippen molar-refractivity contribution in [1.29, 1.82) is 0 Å². The molecule has 2 rings (SSSR count). The van der Waals surface area contributed by atoms with Gasteiger partial charge in [-0.2, -0.15) is 0 Å². The largest absolute Gasteiger partial charge is 0.465 e. The van der Waals surface area contributed by atoms with Crippen LogP contribution in [0.3, 0.4) is 0 Å². The standard InChI is InChI=1S/C15H16N2O3S/c1-2-20-14(19)12(10-11-6-4-3-5-7-11)13(18)17-15-16-8-9-21-15/h3-9,12H,2,10H2,1H3,(H,16,17,18)/t12-/m1/s1. The van der Waals surface area contributed by atoms with Crippen LogP contribution >= 0.6 is 11.3 Å². The third kappa shape index (κ3) is 4.39. The van der Waals surface area contributed by atoms with E-state index in [0.717, 1.165) is 5.56 Å². The highest BCUT2D eigenvalue weighted by molar-refractivity contribution is 7.13. The Morgan fingerprint density at radius 1 is 1.33 bits per heavy atom. The minimum Gasteiger partial charge on any atom is -0.465 e. The molecule has 0 fully saturated rings. The summed E-state index contributed by atoms with van der Waals surface area (Å²) in [6, 6.07) is 9.39. The van der Waals surface area contributed by atoms with E-state index in [1.807, 2.05) is 30.3 Å². The first-order valence-electron chi connectivity index (χ1n) is 6.61. The molecule has 1 aromatic heterocycles. The summed E-state index contributed by atoms with van der Waals surface area (Å²) in [6.45, 7) is 1.96. The van der Waals surface area contributed by atoms with Crippen molar-refractivity contribution in [1.82, 2.24) is 4.98 Å². The Bertz CT molecular complexity index is 584. The van der Waals surface area contributed by atoms with Gasteiger partial charge in [0, 0.05) is 11.6 Å². The molecule has 6 heteroatoms. The van der Waals surface area contributed by atoms with Crippen LogP contribution in [0.1, 0.15) is 12.5 Å². The van der Waals surface area contributed by atoms with Crippen LogP contribution < -0.4 is 5.32 Å². The Kier molecular flexibility index (Phi) is 5.45. The summed E-state index contributed by atoms with van der Waals surface area (Å²) < 4.78 is 5.00. The highest BCUT2D eigenvalue weighted by Crippen LogP contribution is 2.16. The Morgan fingerprint density at radius 3 is 2.71 bits per heavy atom. The van der Waals surface area contributed by atoms with Crippen LogP contribution in [0.15, 0.2) is 41.9 Å². The normalized spacial score (nSPS) is 11.7. The average Bonchev–Trinajstić information content (AvgIpc) is 2.99. The minimum atomic E-state index is -0.878. The molecule has 1 aromatic carbocycles. The molecule has 1 heterocycles. The zero-order valence-corrected chi connectivity index (χ0v) is 12.4. The van der Waals surface area contributed by atoms with Crippen molar-refractivity contribution in [2.45, 2.75) is 13.3 Å². The molecule has 1 amide bonds. The number of aromatic nitrogens is 1. The number of anilines is 1. The first-order chi connectivity index (χ1) is 10.2. The molecule has 0 aliphatic heterocycles. The predicted molar refractivity (Wildman–Crippen MR) is 81.0 cm³/mol. The van der Waals surface area contributed by atoms with E-state index in [-0.39, 0.29) is 6.61 Å². The molecule has 5 nitrogen and oxygen atoms in total. The fraction of sp³-hybridized carbons (Fsp3) is 0.267. The number of benzene rings is 1. The summed E-state index contributed by atoms with van der Waals surface area (Å²) in [5.74, 6) is -1.79. The molecule has 0 radical (unpaired) electrons. The molecule has 21 heavy (non-hydrogen) atoms. The second-order valence-electron chi connectivity index (χ2n) is 4.32. The molecule has 1 atom stereocenters. The number of thiazole rings is 1. The number of nitrogens with zero attached hydrogens (tertiary/aromatic N) is 1. The number of carbonyl (C=O) groups is 2. The maximum atomic E-state index is 12.3. The summed E-state index contributed by atoms with van der Waals surface area (Å²) in [6.07, 6.45) is 1.90. The van der Waals surface area contributed by atoms with E-state index in [9.17, 15) is 9.59 Å².